The van der Waals surface area contributed by atoms with Crippen molar-refractivity contribution in [1.82, 2.24) is 4.57 Å². The third-order valence-electron chi connectivity index (χ3n) is 14.0. The Morgan fingerprint density at radius 3 is 2.23 bits per heavy atom. The van der Waals surface area contributed by atoms with Gasteiger partial charge in [0.15, 0.2) is 0 Å². The van der Waals surface area contributed by atoms with E-state index < -0.39 is 0 Å². The lowest BCUT2D eigenvalue weighted by Gasteiger charge is -2.30. The number of allylic oxidation sites excluding steroid dienone is 2. The molecule has 8 aromatic carbocycles. The maximum Gasteiger partial charge on any atom is 0.130 e. The predicted octanol–water partition coefficient (Wildman–Crippen LogP) is 15.9. The third-order valence-corrected chi connectivity index (χ3v) is 14.0. The van der Waals surface area contributed by atoms with Gasteiger partial charge in [0.1, 0.15) is 11.9 Å². The van der Waals surface area contributed by atoms with Gasteiger partial charge in [0.2, 0.25) is 0 Å². The molecule has 0 saturated heterocycles. The summed E-state index contributed by atoms with van der Waals surface area (Å²) < 4.78 is 9.08. The zero-order chi connectivity index (χ0) is 41.2. The van der Waals surface area contributed by atoms with E-state index >= 15 is 0 Å². The molecule has 3 nitrogen and oxygen atoms in total. The monoisotopic (exact) mass is 800 g/mol. The summed E-state index contributed by atoms with van der Waals surface area (Å²) >= 11 is 0. The lowest BCUT2D eigenvalue weighted by atomic mass is 9.76. The van der Waals surface area contributed by atoms with Crippen molar-refractivity contribution in [2.75, 3.05) is 4.90 Å². The van der Waals surface area contributed by atoms with Crippen molar-refractivity contribution in [3.05, 3.63) is 211 Å². The summed E-state index contributed by atoms with van der Waals surface area (Å²) in [6, 6.07) is 65.4. The summed E-state index contributed by atoms with van der Waals surface area (Å²) in [4.78, 5) is 2.52. The van der Waals surface area contributed by atoms with Crippen LogP contribution in [-0.4, -0.2) is 10.7 Å². The van der Waals surface area contributed by atoms with Crippen LogP contribution in [0, 0.1) is 0 Å². The number of rotatable bonds is 7. The summed E-state index contributed by atoms with van der Waals surface area (Å²) in [6.45, 7) is 2.28. The van der Waals surface area contributed by atoms with E-state index in [-0.39, 0.29) is 11.5 Å². The molecule has 2 atom stereocenters. The Bertz CT molecular complexity index is 3230. The number of fused-ring (bicyclic) bond motifs is 7. The average Bonchev–Trinajstić information content (AvgIpc) is 3.84. The molecule has 0 amide bonds. The summed E-state index contributed by atoms with van der Waals surface area (Å²) in [5, 5.41) is 5.15. The molecule has 300 valence electrons. The van der Waals surface area contributed by atoms with Crippen molar-refractivity contribution < 1.29 is 4.74 Å². The lowest BCUT2D eigenvalue weighted by Crippen LogP contribution is -2.32. The van der Waals surface area contributed by atoms with Crippen LogP contribution < -0.4 is 9.64 Å². The SMILES string of the molecule is CC12C=CC=CC1Oc1cc(-c3cccc(N(c4ccccc4-c4cccc5cccc(C6CCCCC6)c45)c4cccc5c6ccccc6n(-c6ccccc6)c45)c3)ccc12. The average molecular weight is 801 g/mol. The standard InChI is InChI=1S/C59H48N2O/c1-59-37-13-12-34-56(59)62-55-39-43(35-36-51(55)59)42-22-14-25-45(38-42)60(54-33-17-30-50-48-27-9-11-32-53(48)61(58(50)54)44-23-6-3-7-24-44)52-31-10-8-26-47(52)49-29-16-21-41-20-15-28-46(57(41)49)40-18-4-2-5-19-40/h3,6-17,20-40,56H,2,4-5,18-19H2,1H3. The van der Waals surface area contributed by atoms with Crippen LogP contribution in [0.25, 0.3) is 60.5 Å². The smallest absolute Gasteiger partial charge is 0.130 e. The van der Waals surface area contributed by atoms with Crippen molar-refractivity contribution in [1.29, 1.82) is 0 Å². The highest BCUT2D eigenvalue weighted by Gasteiger charge is 2.43. The molecule has 0 N–H and O–H groups in total. The van der Waals surface area contributed by atoms with Crippen LogP contribution in [-0.2, 0) is 5.41 Å². The molecule has 0 spiro atoms. The fraction of sp³-hybridized carbons (Fsp3) is 0.153. The lowest BCUT2D eigenvalue weighted by molar-refractivity contribution is 0.228. The number of ether oxygens (including phenoxy) is 1. The van der Waals surface area contributed by atoms with Crippen molar-refractivity contribution in [3.8, 4) is 33.7 Å². The number of para-hydroxylation sites is 4. The second-order valence-electron chi connectivity index (χ2n) is 17.6. The second kappa shape index (κ2) is 14.8. The zero-order valence-electron chi connectivity index (χ0n) is 35.0. The van der Waals surface area contributed by atoms with Crippen molar-refractivity contribution in [3.63, 3.8) is 0 Å². The molecular formula is C59H48N2O. The Morgan fingerprint density at radius 2 is 1.32 bits per heavy atom. The summed E-state index contributed by atoms with van der Waals surface area (Å²) in [7, 11) is 0. The summed E-state index contributed by atoms with van der Waals surface area (Å²) in [5.41, 5.74) is 14.2. The largest absolute Gasteiger partial charge is 0.485 e. The van der Waals surface area contributed by atoms with Crippen LogP contribution in [0.3, 0.4) is 0 Å². The molecule has 1 saturated carbocycles. The quantitative estimate of drug-likeness (QED) is 0.160. The molecule has 9 aromatic rings. The first-order chi connectivity index (χ1) is 30.6. The minimum absolute atomic E-state index is 0.000586. The Morgan fingerprint density at radius 1 is 0.597 bits per heavy atom. The molecule has 0 radical (unpaired) electrons. The van der Waals surface area contributed by atoms with Crippen LogP contribution in [0.4, 0.5) is 17.1 Å². The Balaban J connectivity index is 1.11. The second-order valence-corrected chi connectivity index (χ2v) is 17.6. The van der Waals surface area contributed by atoms with Gasteiger partial charge in [-0.2, -0.15) is 0 Å². The molecular weight excluding hydrogens is 753 g/mol. The van der Waals surface area contributed by atoms with E-state index in [2.05, 4.69) is 217 Å². The van der Waals surface area contributed by atoms with Crippen LogP contribution in [0.15, 0.2) is 200 Å². The number of aromatic nitrogens is 1. The highest BCUT2D eigenvalue weighted by Crippen LogP contribution is 2.50. The molecule has 62 heavy (non-hydrogen) atoms. The van der Waals surface area contributed by atoms with Gasteiger partial charge >= 0.3 is 0 Å². The first-order valence-electron chi connectivity index (χ1n) is 22.4. The number of nitrogens with zero attached hydrogens (tertiary/aromatic N) is 2. The molecule has 2 unspecified atom stereocenters. The highest BCUT2D eigenvalue weighted by atomic mass is 16.5. The van der Waals surface area contributed by atoms with Gasteiger partial charge in [0, 0.05) is 33.3 Å². The van der Waals surface area contributed by atoms with Gasteiger partial charge in [0.05, 0.1) is 27.8 Å². The van der Waals surface area contributed by atoms with Crippen molar-refractivity contribution in [2.24, 2.45) is 0 Å². The van der Waals surface area contributed by atoms with E-state index in [9.17, 15) is 0 Å². The van der Waals surface area contributed by atoms with E-state index in [1.54, 1.807) is 0 Å². The third kappa shape index (κ3) is 5.86. The minimum Gasteiger partial charge on any atom is -0.485 e. The Labute approximate surface area is 363 Å². The van der Waals surface area contributed by atoms with E-state index in [0.717, 1.165) is 39.6 Å². The van der Waals surface area contributed by atoms with Crippen LogP contribution in [0.5, 0.6) is 5.75 Å². The number of hydrogen-bond acceptors (Lipinski definition) is 2. The van der Waals surface area contributed by atoms with Gasteiger partial charge in [-0.1, -0.05) is 165 Å². The van der Waals surface area contributed by atoms with Crippen LogP contribution in [0.1, 0.15) is 56.1 Å². The van der Waals surface area contributed by atoms with E-state index in [1.165, 1.54) is 86.9 Å². The maximum atomic E-state index is 6.63. The first kappa shape index (κ1) is 36.7. The minimum atomic E-state index is -0.167. The van der Waals surface area contributed by atoms with Crippen LogP contribution >= 0.6 is 0 Å². The molecule has 1 aliphatic heterocycles. The molecule has 12 rings (SSSR count). The molecule has 2 heterocycles. The van der Waals surface area contributed by atoms with Gasteiger partial charge in [-0.3, -0.25) is 0 Å². The number of benzene rings is 8. The van der Waals surface area contributed by atoms with E-state index in [0.29, 0.717) is 5.92 Å². The van der Waals surface area contributed by atoms with Gasteiger partial charge < -0.3 is 14.2 Å². The Kier molecular flexibility index (Phi) is 8.78. The van der Waals surface area contributed by atoms with Crippen molar-refractivity contribution >= 4 is 49.6 Å². The van der Waals surface area contributed by atoms with Gasteiger partial charge in [0.25, 0.3) is 0 Å². The van der Waals surface area contributed by atoms with Gasteiger partial charge in [-0.15, -0.1) is 0 Å². The molecule has 1 fully saturated rings. The molecule has 2 aliphatic carbocycles. The van der Waals surface area contributed by atoms with E-state index in [4.69, 9.17) is 4.74 Å². The fourth-order valence-corrected chi connectivity index (χ4v) is 11.0. The topological polar surface area (TPSA) is 17.4 Å². The fourth-order valence-electron chi connectivity index (χ4n) is 11.0. The molecule has 3 aliphatic rings. The van der Waals surface area contributed by atoms with Gasteiger partial charge in [-0.05, 0) is 113 Å². The highest BCUT2D eigenvalue weighted by molar-refractivity contribution is 6.15. The Hall–Kier alpha value is -7.10. The zero-order valence-corrected chi connectivity index (χ0v) is 35.0. The first-order valence-corrected chi connectivity index (χ1v) is 22.4. The summed E-state index contributed by atoms with van der Waals surface area (Å²) in [5.74, 6) is 1.53. The maximum absolute atomic E-state index is 6.63. The molecule has 1 aromatic heterocycles. The number of anilines is 3. The van der Waals surface area contributed by atoms with Gasteiger partial charge in [-0.25, -0.2) is 0 Å². The van der Waals surface area contributed by atoms with Crippen LogP contribution in [0.2, 0.25) is 0 Å². The van der Waals surface area contributed by atoms with E-state index in [1.807, 2.05) is 0 Å². The predicted molar refractivity (Wildman–Crippen MR) is 260 cm³/mol. The molecule has 0 bridgehead atoms. The normalized spacial score (nSPS) is 18.2. The molecule has 3 heteroatoms. The number of hydrogen-bond donors (Lipinski definition) is 0. The van der Waals surface area contributed by atoms with Crippen molar-refractivity contribution in [2.45, 2.75) is 56.5 Å². The summed E-state index contributed by atoms with van der Waals surface area (Å²) in [6.07, 6.45) is 15.1.